The van der Waals surface area contributed by atoms with Crippen molar-refractivity contribution in [3.05, 3.63) is 63.6 Å². The number of piperidine rings is 1. The number of fused-ring (bicyclic) bond motifs is 2. The van der Waals surface area contributed by atoms with Gasteiger partial charge in [-0.3, -0.25) is 9.59 Å². The Kier molecular flexibility index (Phi) is 8.50. The van der Waals surface area contributed by atoms with Crippen molar-refractivity contribution in [2.75, 3.05) is 33.3 Å². The number of rotatable bonds is 6. The first-order valence-electron chi connectivity index (χ1n) is 12.7. The number of aromatic nitrogens is 2. The van der Waals surface area contributed by atoms with Gasteiger partial charge in [0.2, 0.25) is 0 Å². The SMILES string of the molecule is C=C(OCC)N1CCC(NC(=O)c2nc3c(s2)CN(C)CC3)CC1.Cc1ccc2[nH]c(C(N)=O)cc2c1. The summed E-state index contributed by atoms with van der Waals surface area (Å²) in [7, 11) is 2.10. The number of carbonyl (C=O) groups excluding carboxylic acids is 2. The van der Waals surface area contributed by atoms with Crippen LogP contribution in [0.15, 0.2) is 36.7 Å². The minimum absolute atomic E-state index is 0.0286. The summed E-state index contributed by atoms with van der Waals surface area (Å²) >= 11 is 1.54. The fourth-order valence-electron chi connectivity index (χ4n) is 4.58. The summed E-state index contributed by atoms with van der Waals surface area (Å²) in [4.78, 5) is 36.5. The molecular formula is C27H36N6O3S. The number of thiazole rings is 1. The van der Waals surface area contributed by atoms with E-state index in [-0.39, 0.29) is 11.9 Å². The van der Waals surface area contributed by atoms with Crippen molar-refractivity contribution in [3.8, 4) is 0 Å². The molecule has 2 aromatic heterocycles. The number of aryl methyl sites for hydroxylation is 1. The lowest BCUT2D eigenvalue weighted by Crippen LogP contribution is -2.44. The molecule has 4 heterocycles. The van der Waals surface area contributed by atoms with Crippen LogP contribution in [-0.4, -0.2) is 70.9 Å². The van der Waals surface area contributed by atoms with Crippen molar-refractivity contribution in [3.63, 3.8) is 0 Å². The minimum atomic E-state index is -0.422. The number of likely N-dealkylation sites (N-methyl/N-ethyl adjacent to an activating group) is 1. The molecule has 3 aromatic rings. The fraction of sp³-hybridized carbons (Fsp3) is 0.444. The Bertz CT molecular complexity index is 1270. The highest BCUT2D eigenvalue weighted by Gasteiger charge is 2.25. The van der Waals surface area contributed by atoms with Gasteiger partial charge in [0.15, 0.2) is 10.9 Å². The Morgan fingerprint density at radius 2 is 2.03 bits per heavy atom. The van der Waals surface area contributed by atoms with Gasteiger partial charge in [0.25, 0.3) is 11.8 Å². The molecule has 1 aromatic carbocycles. The average Bonchev–Trinajstić information content (AvgIpc) is 3.49. The topological polar surface area (TPSA) is 117 Å². The van der Waals surface area contributed by atoms with E-state index in [0.29, 0.717) is 17.3 Å². The molecule has 0 spiro atoms. The largest absolute Gasteiger partial charge is 0.480 e. The highest BCUT2D eigenvalue weighted by atomic mass is 32.1. The first-order chi connectivity index (χ1) is 17.7. The van der Waals surface area contributed by atoms with Crippen molar-refractivity contribution in [1.82, 2.24) is 25.1 Å². The summed E-state index contributed by atoms with van der Waals surface area (Å²) in [5.74, 6) is 0.284. The number of likely N-dealkylation sites (tertiary alicyclic amines) is 1. The maximum atomic E-state index is 12.5. The lowest BCUT2D eigenvalue weighted by Gasteiger charge is -2.34. The van der Waals surface area contributed by atoms with Crippen LogP contribution in [-0.2, 0) is 17.7 Å². The predicted molar refractivity (Wildman–Crippen MR) is 147 cm³/mol. The van der Waals surface area contributed by atoms with Gasteiger partial charge in [-0.15, -0.1) is 11.3 Å². The first-order valence-corrected chi connectivity index (χ1v) is 13.5. The number of aromatic amines is 1. The molecule has 0 atom stereocenters. The van der Waals surface area contributed by atoms with E-state index in [1.807, 2.05) is 32.0 Å². The van der Waals surface area contributed by atoms with Crippen molar-refractivity contribution < 1.29 is 14.3 Å². The maximum absolute atomic E-state index is 12.5. The normalized spacial score (nSPS) is 16.0. The van der Waals surface area contributed by atoms with Crippen LogP contribution >= 0.6 is 11.3 Å². The van der Waals surface area contributed by atoms with Gasteiger partial charge in [0.05, 0.1) is 12.3 Å². The highest BCUT2D eigenvalue weighted by molar-refractivity contribution is 7.13. The van der Waals surface area contributed by atoms with Crippen LogP contribution in [0.5, 0.6) is 0 Å². The number of nitrogens with one attached hydrogen (secondary N) is 2. The van der Waals surface area contributed by atoms with E-state index < -0.39 is 5.91 Å². The second kappa shape index (κ2) is 11.8. The number of hydrogen-bond donors (Lipinski definition) is 3. The Balaban J connectivity index is 0.000000207. The molecule has 1 fully saturated rings. The summed E-state index contributed by atoms with van der Waals surface area (Å²) in [5, 5.41) is 4.78. The number of nitrogens with two attached hydrogens (primary N) is 1. The third kappa shape index (κ3) is 6.69. The molecule has 198 valence electrons. The molecule has 0 saturated carbocycles. The molecule has 0 radical (unpaired) electrons. The van der Waals surface area contributed by atoms with E-state index in [0.717, 1.165) is 67.9 Å². The van der Waals surface area contributed by atoms with Gasteiger partial charge in [-0.05, 0) is 58.5 Å². The van der Waals surface area contributed by atoms with Crippen LogP contribution in [0.4, 0.5) is 0 Å². The monoisotopic (exact) mass is 524 g/mol. The van der Waals surface area contributed by atoms with Crippen LogP contribution in [0.1, 0.15) is 56.2 Å². The Morgan fingerprint density at radius 3 is 2.73 bits per heavy atom. The minimum Gasteiger partial charge on any atom is -0.480 e. The summed E-state index contributed by atoms with van der Waals surface area (Å²) in [5.41, 5.74) is 8.82. The van der Waals surface area contributed by atoms with Crippen molar-refractivity contribution in [2.45, 2.75) is 45.7 Å². The standard InChI is InChI=1S/C17H26N4O2S.C10H10N2O/c1-4-23-12(2)21-9-5-13(6-10-21)18-16(22)17-19-14-7-8-20(3)11-15(14)24-17;1-6-2-3-8-7(4-6)5-9(12-8)10(11)13/h13H,2,4-11H2,1,3H3,(H,18,22);2-5,12H,1H3,(H2,11,13). The smallest absolute Gasteiger partial charge is 0.280 e. The quantitative estimate of drug-likeness (QED) is 0.426. The maximum Gasteiger partial charge on any atom is 0.280 e. The van der Waals surface area contributed by atoms with Gasteiger partial charge in [-0.2, -0.15) is 0 Å². The first kappa shape index (κ1) is 26.7. The van der Waals surface area contributed by atoms with Crippen molar-refractivity contribution in [1.29, 1.82) is 0 Å². The van der Waals surface area contributed by atoms with Crippen LogP contribution in [0, 0.1) is 6.92 Å². The molecule has 0 bridgehead atoms. The lowest BCUT2D eigenvalue weighted by atomic mass is 10.1. The van der Waals surface area contributed by atoms with Gasteiger partial charge in [-0.1, -0.05) is 11.6 Å². The van der Waals surface area contributed by atoms with Crippen LogP contribution in [0.25, 0.3) is 10.9 Å². The molecule has 0 aliphatic carbocycles. The highest BCUT2D eigenvalue weighted by Crippen LogP contribution is 2.25. The molecule has 2 aliphatic rings. The van der Waals surface area contributed by atoms with Crippen LogP contribution in [0.2, 0.25) is 0 Å². The van der Waals surface area contributed by atoms with E-state index in [4.69, 9.17) is 10.5 Å². The fourth-order valence-corrected chi connectivity index (χ4v) is 5.67. The van der Waals surface area contributed by atoms with E-state index in [9.17, 15) is 9.59 Å². The summed E-state index contributed by atoms with van der Waals surface area (Å²) < 4.78 is 5.45. The zero-order chi connectivity index (χ0) is 26.5. The molecule has 4 N–H and O–H groups in total. The second-order valence-electron chi connectivity index (χ2n) is 9.58. The van der Waals surface area contributed by atoms with Gasteiger partial charge in [0.1, 0.15) is 5.69 Å². The Labute approximate surface area is 221 Å². The zero-order valence-electron chi connectivity index (χ0n) is 21.8. The lowest BCUT2D eigenvalue weighted by molar-refractivity contribution is 0.0854. The second-order valence-corrected chi connectivity index (χ2v) is 10.7. The number of amides is 2. The van der Waals surface area contributed by atoms with Gasteiger partial charge >= 0.3 is 0 Å². The van der Waals surface area contributed by atoms with E-state index in [1.54, 1.807) is 6.07 Å². The molecule has 2 aliphatic heterocycles. The summed E-state index contributed by atoms with van der Waals surface area (Å²) in [6.45, 7) is 12.2. The van der Waals surface area contributed by atoms with Crippen molar-refractivity contribution in [2.24, 2.45) is 5.73 Å². The van der Waals surface area contributed by atoms with Crippen LogP contribution < -0.4 is 11.1 Å². The summed E-state index contributed by atoms with van der Waals surface area (Å²) in [6.07, 6.45) is 2.75. The molecular weight excluding hydrogens is 488 g/mol. The number of H-pyrrole nitrogens is 1. The third-order valence-corrected chi connectivity index (χ3v) is 7.73. The number of hydrogen-bond acceptors (Lipinski definition) is 7. The molecule has 2 amide bonds. The van der Waals surface area contributed by atoms with E-state index >= 15 is 0 Å². The molecule has 9 nitrogen and oxygen atoms in total. The van der Waals surface area contributed by atoms with Gasteiger partial charge in [-0.25, -0.2) is 4.98 Å². The number of carbonyl (C=O) groups is 2. The molecule has 37 heavy (non-hydrogen) atoms. The van der Waals surface area contributed by atoms with Gasteiger partial charge < -0.3 is 30.6 Å². The average molecular weight is 525 g/mol. The molecule has 1 saturated heterocycles. The molecule has 0 unspecified atom stereocenters. The molecule has 5 rings (SSSR count). The number of primary amides is 1. The third-order valence-electron chi connectivity index (χ3n) is 6.65. The Hall–Kier alpha value is -3.37. The van der Waals surface area contributed by atoms with Crippen molar-refractivity contribution >= 4 is 34.1 Å². The van der Waals surface area contributed by atoms with E-state index in [1.165, 1.54) is 21.8 Å². The predicted octanol–water partition coefficient (Wildman–Crippen LogP) is 3.41. The molecule has 10 heteroatoms. The van der Waals surface area contributed by atoms with Gasteiger partial charge in [0, 0.05) is 54.4 Å². The number of benzene rings is 1. The van der Waals surface area contributed by atoms with Crippen LogP contribution in [0.3, 0.4) is 0 Å². The number of nitrogens with zero attached hydrogens (tertiary/aromatic N) is 3. The Morgan fingerprint density at radius 1 is 1.27 bits per heavy atom. The zero-order valence-corrected chi connectivity index (χ0v) is 22.6. The van der Waals surface area contributed by atoms with E-state index in [2.05, 4.69) is 38.7 Å². The summed E-state index contributed by atoms with van der Waals surface area (Å²) in [6, 6.07) is 7.91. The number of ether oxygens (including phenoxy) is 1.